The van der Waals surface area contributed by atoms with Crippen molar-refractivity contribution in [1.29, 1.82) is 5.26 Å². The van der Waals surface area contributed by atoms with E-state index in [1.54, 1.807) is 18.0 Å². The summed E-state index contributed by atoms with van der Waals surface area (Å²) in [6.07, 6.45) is 8.27. The molecule has 1 atom stereocenters. The molecule has 1 aliphatic rings. The SMILES string of the molecule is COc1c(C#N)ccc2c1CCC[C@H]2Oc1ccc2cnn(-c3cnn(C)c3)c2c1. The highest BCUT2D eigenvalue weighted by molar-refractivity contribution is 5.81. The van der Waals surface area contributed by atoms with Crippen LogP contribution in [0.25, 0.3) is 16.6 Å². The maximum Gasteiger partial charge on any atom is 0.140 e. The average molecular weight is 399 g/mol. The first-order chi connectivity index (χ1) is 14.7. The van der Waals surface area contributed by atoms with Crippen LogP contribution in [0.2, 0.25) is 0 Å². The molecule has 1 aliphatic carbocycles. The highest BCUT2D eigenvalue weighted by atomic mass is 16.5. The Hall–Kier alpha value is -3.79. The minimum Gasteiger partial charge on any atom is -0.495 e. The van der Waals surface area contributed by atoms with Crippen molar-refractivity contribution < 1.29 is 9.47 Å². The molecular weight excluding hydrogens is 378 g/mol. The largest absolute Gasteiger partial charge is 0.495 e. The lowest BCUT2D eigenvalue weighted by Crippen LogP contribution is -2.16. The Kier molecular flexibility index (Phi) is 4.40. The third-order valence-corrected chi connectivity index (χ3v) is 5.62. The summed E-state index contributed by atoms with van der Waals surface area (Å²) in [4.78, 5) is 0. The molecule has 2 heterocycles. The number of fused-ring (bicyclic) bond motifs is 2. The average Bonchev–Trinajstić information content (AvgIpc) is 3.38. The van der Waals surface area contributed by atoms with E-state index in [1.807, 2.05) is 54.5 Å². The Balaban J connectivity index is 1.51. The lowest BCUT2D eigenvalue weighted by molar-refractivity contribution is 0.182. The summed E-state index contributed by atoms with van der Waals surface area (Å²) in [7, 11) is 3.50. The second-order valence-electron chi connectivity index (χ2n) is 7.47. The minimum atomic E-state index is -0.0809. The molecule has 0 unspecified atom stereocenters. The summed E-state index contributed by atoms with van der Waals surface area (Å²) in [6, 6.07) is 12.1. The summed E-state index contributed by atoms with van der Waals surface area (Å²) in [5.74, 6) is 1.46. The maximum absolute atomic E-state index is 9.38. The van der Waals surface area contributed by atoms with Gasteiger partial charge in [-0.15, -0.1) is 0 Å². The van der Waals surface area contributed by atoms with Crippen molar-refractivity contribution in [2.75, 3.05) is 7.11 Å². The Morgan fingerprint density at radius 1 is 1.17 bits per heavy atom. The molecule has 7 nitrogen and oxygen atoms in total. The van der Waals surface area contributed by atoms with E-state index in [0.717, 1.165) is 52.7 Å². The molecule has 0 saturated heterocycles. The Labute approximate surface area is 174 Å². The summed E-state index contributed by atoms with van der Waals surface area (Å²) < 4.78 is 15.6. The van der Waals surface area contributed by atoms with Crippen molar-refractivity contribution in [3.05, 3.63) is 65.6 Å². The van der Waals surface area contributed by atoms with Gasteiger partial charge in [0.15, 0.2) is 0 Å². The zero-order valence-corrected chi connectivity index (χ0v) is 16.9. The Bertz CT molecular complexity index is 1280. The number of methoxy groups -OCH3 is 1. The topological polar surface area (TPSA) is 77.9 Å². The summed E-state index contributed by atoms with van der Waals surface area (Å²) >= 11 is 0. The van der Waals surface area contributed by atoms with Crippen molar-refractivity contribution in [2.24, 2.45) is 7.05 Å². The van der Waals surface area contributed by atoms with Gasteiger partial charge in [0.05, 0.1) is 36.8 Å². The molecule has 150 valence electrons. The van der Waals surface area contributed by atoms with Crippen LogP contribution < -0.4 is 9.47 Å². The van der Waals surface area contributed by atoms with Gasteiger partial charge in [0, 0.05) is 24.1 Å². The van der Waals surface area contributed by atoms with Gasteiger partial charge in [-0.05, 0) is 43.0 Å². The molecule has 4 aromatic rings. The van der Waals surface area contributed by atoms with E-state index in [0.29, 0.717) is 11.3 Å². The minimum absolute atomic E-state index is 0.0809. The van der Waals surface area contributed by atoms with E-state index < -0.39 is 0 Å². The zero-order chi connectivity index (χ0) is 20.7. The normalized spacial score (nSPS) is 15.6. The van der Waals surface area contributed by atoms with Crippen LogP contribution in [-0.4, -0.2) is 26.7 Å². The highest BCUT2D eigenvalue weighted by Gasteiger charge is 2.26. The van der Waals surface area contributed by atoms with Crippen LogP contribution in [-0.2, 0) is 13.5 Å². The summed E-state index contributed by atoms with van der Waals surface area (Å²) in [5.41, 5.74) is 4.61. The van der Waals surface area contributed by atoms with E-state index >= 15 is 0 Å². The fourth-order valence-electron chi connectivity index (χ4n) is 4.23. The number of ether oxygens (including phenoxy) is 2. The van der Waals surface area contributed by atoms with Gasteiger partial charge >= 0.3 is 0 Å². The van der Waals surface area contributed by atoms with Gasteiger partial charge in [0.2, 0.25) is 0 Å². The van der Waals surface area contributed by atoms with Crippen LogP contribution in [0.1, 0.15) is 35.6 Å². The second-order valence-corrected chi connectivity index (χ2v) is 7.47. The predicted molar refractivity (Wildman–Crippen MR) is 112 cm³/mol. The lowest BCUT2D eigenvalue weighted by atomic mass is 9.87. The van der Waals surface area contributed by atoms with E-state index in [9.17, 15) is 5.26 Å². The molecule has 0 N–H and O–H groups in total. The van der Waals surface area contributed by atoms with Crippen LogP contribution in [0.3, 0.4) is 0 Å². The van der Waals surface area contributed by atoms with Crippen LogP contribution in [0.15, 0.2) is 48.9 Å². The molecule has 0 bridgehead atoms. The van der Waals surface area contributed by atoms with Gasteiger partial charge < -0.3 is 9.47 Å². The number of hydrogen-bond donors (Lipinski definition) is 0. The van der Waals surface area contributed by atoms with Gasteiger partial charge in [-0.25, -0.2) is 4.68 Å². The van der Waals surface area contributed by atoms with Gasteiger partial charge in [-0.1, -0.05) is 6.07 Å². The molecule has 0 amide bonds. The van der Waals surface area contributed by atoms with Gasteiger partial charge in [-0.2, -0.15) is 15.5 Å². The fourth-order valence-corrected chi connectivity index (χ4v) is 4.23. The monoisotopic (exact) mass is 399 g/mol. The molecule has 2 aromatic carbocycles. The van der Waals surface area contributed by atoms with Crippen LogP contribution in [0, 0.1) is 11.3 Å². The van der Waals surface area contributed by atoms with Crippen molar-refractivity contribution in [2.45, 2.75) is 25.4 Å². The number of nitrogens with zero attached hydrogens (tertiary/aromatic N) is 5. The predicted octanol–water partition coefficient (Wildman–Crippen LogP) is 4.10. The van der Waals surface area contributed by atoms with Crippen LogP contribution in [0.4, 0.5) is 0 Å². The van der Waals surface area contributed by atoms with Gasteiger partial charge in [0.25, 0.3) is 0 Å². The molecule has 30 heavy (non-hydrogen) atoms. The first-order valence-corrected chi connectivity index (χ1v) is 9.91. The molecule has 5 rings (SSSR count). The van der Waals surface area contributed by atoms with Gasteiger partial charge in [-0.3, -0.25) is 4.68 Å². The second kappa shape index (κ2) is 7.23. The van der Waals surface area contributed by atoms with Crippen molar-refractivity contribution in [3.8, 4) is 23.3 Å². The smallest absolute Gasteiger partial charge is 0.140 e. The zero-order valence-electron chi connectivity index (χ0n) is 16.9. The first kappa shape index (κ1) is 18.3. The summed E-state index contributed by atoms with van der Waals surface area (Å²) in [6.45, 7) is 0. The molecule has 0 radical (unpaired) electrons. The highest BCUT2D eigenvalue weighted by Crippen LogP contribution is 2.40. The quantitative estimate of drug-likeness (QED) is 0.516. The maximum atomic E-state index is 9.38. The number of rotatable bonds is 4. The number of aryl methyl sites for hydroxylation is 1. The van der Waals surface area contributed by atoms with E-state index in [1.165, 1.54) is 0 Å². The number of nitriles is 1. The molecule has 0 aliphatic heterocycles. The molecule has 2 aromatic heterocycles. The molecule has 0 spiro atoms. The third-order valence-electron chi connectivity index (χ3n) is 5.62. The van der Waals surface area contributed by atoms with Crippen molar-refractivity contribution >= 4 is 10.9 Å². The fraction of sp³-hybridized carbons (Fsp3) is 0.261. The van der Waals surface area contributed by atoms with Crippen molar-refractivity contribution in [1.82, 2.24) is 19.6 Å². The molecule has 7 heteroatoms. The third kappa shape index (κ3) is 2.98. The van der Waals surface area contributed by atoms with Crippen LogP contribution >= 0.6 is 0 Å². The van der Waals surface area contributed by atoms with E-state index in [2.05, 4.69) is 16.3 Å². The molecule has 0 saturated carbocycles. The molecule has 0 fully saturated rings. The summed E-state index contributed by atoms with van der Waals surface area (Å²) in [5, 5.41) is 19.2. The molecular formula is C23H21N5O2. The Morgan fingerprint density at radius 3 is 2.83 bits per heavy atom. The van der Waals surface area contributed by atoms with Crippen LogP contribution in [0.5, 0.6) is 11.5 Å². The van der Waals surface area contributed by atoms with E-state index in [-0.39, 0.29) is 6.10 Å². The number of hydrogen-bond acceptors (Lipinski definition) is 5. The van der Waals surface area contributed by atoms with Gasteiger partial charge in [0.1, 0.15) is 29.4 Å². The van der Waals surface area contributed by atoms with Crippen molar-refractivity contribution in [3.63, 3.8) is 0 Å². The number of aromatic nitrogens is 4. The number of benzene rings is 2. The standard InChI is InChI=1S/C23H21N5O2/c1-27-14-17(13-25-27)28-21-10-18(8-6-16(21)12-26-28)30-22-5-3-4-20-19(22)9-7-15(11-24)23(20)29-2/h6-10,12-14,22H,3-5H2,1-2H3/t22-/m1/s1. The van der Waals surface area contributed by atoms with E-state index in [4.69, 9.17) is 9.47 Å². The lowest BCUT2D eigenvalue weighted by Gasteiger charge is -2.28. The Morgan fingerprint density at radius 2 is 2.07 bits per heavy atom. The first-order valence-electron chi connectivity index (χ1n) is 9.91.